The van der Waals surface area contributed by atoms with E-state index in [1.54, 1.807) is 0 Å². The first-order valence-electron chi connectivity index (χ1n) is 3.00. The van der Waals surface area contributed by atoms with Gasteiger partial charge >= 0.3 is 0 Å². The van der Waals surface area contributed by atoms with Crippen molar-refractivity contribution < 1.29 is 10.2 Å². The van der Waals surface area contributed by atoms with Crippen molar-refractivity contribution in [2.45, 2.75) is 4.90 Å². The van der Waals surface area contributed by atoms with Crippen molar-refractivity contribution in [3.63, 3.8) is 0 Å². The first-order chi connectivity index (χ1) is 5.20. The average Bonchev–Trinajstić information content (AvgIpc) is 2.26. The highest BCUT2D eigenvalue weighted by molar-refractivity contribution is 7.98. The second-order valence-corrected chi connectivity index (χ2v) is 2.80. The third-order valence-corrected chi connectivity index (χ3v) is 2.10. The van der Waals surface area contributed by atoms with Gasteiger partial charge in [0.15, 0.2) is 5.88 Å². The molecule has 11 heavy (non-hydrogen) atoms. The summed E-state index contributed by atoms with van der Waals surface area (Å²) in [4.78, 5) is 0.641. The van der Waals surface area contributed by atoms with Gasteiger partial charge in [0.1, 0.15) is 0 Å². The summed E-state index contributed by atoms with van der Waals surface area (Å²) in [5, 5.41) is 18.5. The molecular formula is C7H9NO2S. The van der Waals surface area contributed by atoms with E-state index in [1.807, 2.05) is 6.26 Å². The largest absolute Gasteiger partial charge is 0.494 e. The summed E-state index contributed by atoms with van der Waals surface area (Å²) in [5.41, 5.74) is 0. The Hall–Kier alpha value is -1.03. The molecule has 0 bridgehead atoms. The maximum atomic E-state index is 9.32. The summed E-state index contributed by atoms with van der Waals surface area (Å²) in [6.45, 7) is 3.43. The minimum absolute atomic E-state index is 0.00171. The fourth-order valence-electron chi connectivity index (χ4n) is 0.809. The lowest BCUT2D eigenvalue weighted by Gasteiger charge is -1.97. The van der Waals surface area contributed by atoms with Crippen molar-refractivity contribution in [3.8, 4) is 11.8 Å². The minimum atomic E-state index is 0.00171. The van der Waals surface area contributed by atoms with Crippen LogP contribution in [0.1, 0.15) is 0 Å². The van der Waals surface area contributed by atoms with Crippen LogP contribution >= 0.6 is 11.8 Å². The van der Waals surface area contributed by atoms with Crippen LogP contribution in [-0.2, 0) is 0 Å². The molecule has 60 valence electrons. The molecule has 0 saturated carbocycles. The van der Waals surface area contributed by atoms with Gasteiger partial charge in [-0.2, -0.15) is 0 Å². The highest BCUT2D eigenvalue weighted by Crippen LogP contribution is 2.33. The summed E-state index contributed by atoms with van der Waals surface area (Å²) in [5.74, 6) is 0.0341. The van der Waals surface area contributed by atoms with Crippen molar-refractivity contribution in [1.29, 1.82) is 0 Å². The molecule has 1 rings (SSSR count). The van der Waals surface area contributed by atoms with E-state index < -0.39 is 0 Å². The fourth-order valence-corrected chi connectivity index (χ4v) is 1.31. The zero-order chi connectivity index (χ0) is 8.43. The van der Waals surface area contributed by atoms with Crippen LogP contribution in [-0.4, -0.2) is 21.0 Å². The van der Waals surface area contributed by atoms with Crippen LogP contribution in [0.5, 0.6) is 11.8 Å². The molecule has 0 spiro atoms. The number of aromatic hydroxyl groups is 2. The SMILES string of the molecule is C=Cn1c(O)cc(SC)c1O. The van der Waals surface area contributed by atoms with Gasteiger partial charge in [0.25, 0.3) is 0 Å². The highest BCUT2D eigenvalue weighted by Gasteiger charge is 2.09. The van der Waals surface area contributed by atoms with E-state index in [0.717, 1.165) is 0 Å². The van der Waals surface area contributed by atoms with Crippen LogP contribution in [0.3, 0.4) is 0 Å². The molecule has 0 atom stereocenters. The predicted molar refractivity (Wildman–Crippen MR) is 45.9 cm³/mol. The Morgan fingerprint density at radius 2 is 2.27 bits per heavy atom. The van der Waals surface area contributed by atoms with E-state index >= 15 is 0 Å². The Morgan fingerprint density at radius 3 is 2.55 bits per heavy atom. The number of hydrogen-bond acceptors (Lipinski definition) is 3. The monoisotopic (exact) mass is 171 g/mol. The summed E-state index contributed by atoms with van der Waals surface area (Å²) in [7, 11) is 0. The molecule has 1 heterocycles. The Labute approximate surface area is 69.0 Å². The molecule has 0 saturated heterocycles. The van der Waals surface area contributed by atoms with Crippen molar-refractivity contribution in [2.24, 2.45) is 0 Å². The van der Waals surface area contributed by atoms with Gasteiger partial charge in [-0.1, -0.05) is 6.58 Å². The van der Waals surface area contributed by atoms with Crippen molar-refractivity contribution in [1.82, 2.24) is 4.57 Å². The Kier molecular flexibility index (Phi) is 2.14. The lowest BCUT2D eigenvalue weighted by molar-refractivity contribution is 0.403. The van der Waals surface area contributed by atoms with Crippen molar-refractivity contribution in [2.75, 3.05) is 6.26 Å². The van der Waals surface area contributed by atoms with Crippen molar-refractivity contribution >= 4 is 18.0 Å². The second-order valence-electron chi connectivity index (χ2n) is 1.95. The second kappa shape index (κ2) is 2.92. The number of rotatable bonds is 2. The Morgan fingerprint density at radius 1 is 1.64 bits per heavy atom. The molecule has 1 aromatic heterocycles. The lowest BCUT2D eigenvalue weighted by Crippen LogP contribution is -1.81. The van der Waals surface area contributed by atoms with Gasteiger partial charge in [-0.3, -0.25) is 4.57 Å². The predicted octanol–water partition coefficient (Wildman–Crippen LogP) is 1.72. The van der Waals surface area contributed by atoms with E-state index in [4.69, 9.17) is 5.11 Å². The van der Waals surface area contributed by atoms with Gasteiger partial charge in [-0.25, -0.2) is 0 Å². The van der Waals surface area contributed by atoms with Gasteiger partial charge in [-0.15, -0.1) is 11.8 Å². The minimum Gasteiger partial charge on any atom is -0.494 e. The standard InChI is InChI=1S/C7H9NO2S/c1-3-8-6(9)4-5(11-2)7(8)10/h3-4,9-10H,1H2,2H3. The molecule has 0 radical (unpaired) electrons. The Balaban J connectivity index is 3.24. The van der Waals surface area contributed by atoms with Gasteiger partial charge in [0, 0.05) is 12.3 Å². The molecule has 2 N–H and O–H groups in total. The topological polar surface area (TPSA) is 45.4 Å². The zero-order valence-corrected chi connectivity index (χ0v) is 6.93. The van der Waals surface area contributed by atoms with E-state index in [2.05, 4.69) is 6.58 Å². The van der Waals surface area contributed by atoms with Gasteiger partial charge in [-0.05, 0) is 6.26 Å². The van der Waals surface area contributed by atoms with Gasteiger partial charge < -0.3 is 10.2 Å². The maximum Gasteiger partial charge on any atom is 0.212 e. The van der Waals surface area contributed by atoms with Gasteiger partial charge in [0.2, 0.25) is 5.88 Å². The quantitative estimate of drug-likeness (QED) is 0.666. The Bertz CT molecular complexity index is 280. The molecule has 0 unspecified atom stereocenters. The van der Waals surface area contributed by atoms with E-state index in [0.29, 0.717) is 4.90 Å². The van der Waals surface area contributed by atoms with Crippen molar-refractivity contribution in [3.05, 3.63) is 12.6 Å². The summed E-state index contributed by atoms with van der Waals surface area (Å²) in [6.07, 6.45) is 3.17. The molecule has 0 aliphatic carbocycles. The summed E-state index contributed by atoms with van der Waals surface area (Å²) < 4.78 is 1.21. The number of aromatic nitrogens is 1. The molecule has 0 aliphatic heterocycles. The summed E-state index contributed by atoms with van der Waals surface area (Å²) in [6, 6.07) is 1.49. The maximum absolute atomic E-state index is 9.32. The third kappa shape index (κ3) is 1.21. The highest BCUT2D eigenvalue weighted by atomic mass is 32.2. The van der Waals surface area contributed by atoms with E-state index in [9.17, 15) is 5.11 Å². The molecule has 0 fully saturated rings. The molecule has 3 nitrogen and oxygen atoms in total. The number of thioether (sulfide) groups is 1. The molecule has 1 aromatic rings. The summed E-state index contributed by atoms with van der Waals surface area (Å²) >= 11 is 1.37. The van der Waals surface area contributed by atoms with Gasteiger partial charge in [0.05, 0.1) is 4.90 Å². The van der Waals surface area contributed by atoms with Crippen LogP contribution in [0.25, 0.3) is 6.20 Å². The van der Waals surface area contributed by atoms with Crippen LogP contribution in [0.2, 0.25) is 0 Å². The fraction of sp³-hybridized carbons (Fsp3) is 0.143. The number of nitrogens with zero attached hydrogens (tertiary/aromatic N) is 1. The van der Waals surface area contributed by atoms with Crippen LogP contribution in [0.15, 0.2) is 17.5 Å². The van der Waals surface area contributed by atoms with Crippen LogP contribution in [0.4, 0.5) is 0 Å². The molecule has 4 heteroatoms. The van der Waals surface area contributed by atoms with Crippen LogP contribution in [0, 0.1) is 0 Å². The molecule has 0 aromatic carbocycles. The van der Waals surface area contributed by atoms with E-state index in [1.165, 1.54) is 28.6 Å². The smallest absolute Gasteiger partial charge is 0.212 e. The zero-order valence-electron chi connectivity index (χ0n) is 6.11. The molecule has 0 amide bonds. The molecule has 0 aliphatic rings. The normalized spacial score (nSPS) is 9.91. The average molecular weight is 171 g/mol. The van der Waals surface area contributed by atoms with Crippen LogP contribution < -0.4 is 0 Å². The van der Waals surface area contributed by atoms with E-state index in [-0.39, 0.29) is 11.8 Å². The first kappa shape index (κ1) is 8.07. The molecular weight excluding hydrogens is 162 g/mol. The number of hydrogen-bond donors (Lipinski definition) is 2. The first-order valence-corrected chi connectivity index (χ1v) is 4.23. The lowest BCUT2D eigenvalue weighted by atomic mass is 10.6. The third-order valence-electron chi connectivity index (χ3n) is 1.36.